The Morgan fingerprint density at radius 1 is 1.65 bits per heavy atom. The van der Waals surface area contributed by atoms with Crippen molar-refractivity contribution in [2.45, 2.75) is 43.5 Å². The second kappa shape index (κ2) is 6.07. The minimum Gasteiger partial charge on any atom is -0.458 e. The van der Waals surface area contributed by atoms with Crippen molar-refractivity contribution in [1.82, 2.24) is 0 Å². The van der Waals surface area contributed by atoms with Crippen LogP contribution in [0.4, 0.5) is 0 Å². The first-order chi connectivity index (χ1) is 7.80. The molecule has 0 unspecified atom stereocenters. The second-order valence-electron chi connectivity index (χ2n) is 4.84. The van der Waals surface area contributed by atoms with Crippen molar-refractivity contribution >= 4 is 49.4 Å². The molecule has 1 rings (SSSR count). The number of esters is 1. The van der Waals surface area contributed by atoms with Crippen LogP contribution >= 0.6 is 43.5 Å². The van der Waals surface area contributed by atoms with Crippen LogP contribution in [0.15, 0.2) is 11.6 Å². The van der Waals surface area contributed by atoms with Crippen LogP contribution in [-0.2, 0) is 9.53 Å². The van der Waals surface area contributed by atoms with Crippen molar-refractivity contribution in [1.29, 1.82) is 0 Å². The molecule has 3 atom stereocenters. The van der Waals surface area contributed by atoms with E-state index in [1.165, 1.54) is 6.92 Å². The molecule has 1 fully saturated rings. The number of rotatable bonds is 2. The largest absolute Gasteiger partial charge is 0.458 e. The first kappa shape index (κ1) is 15.5. The normalized spacial score (nSPS) is 34.7. The van der Waals surface area contributed by atoms with Crippen LogP contribution in [0.3, 0.4) is 0 Å². The van der Waals surface area contributed by atoms with Gasteiger partial charge >= 0.3 is 5.97 Å². The summed E-state index contributed by atoms with van der Waals surface area (Å²) in [6.45, 7) is 5.67. The Bertz CT molecular complexity index is 328. The van der Waals surface area contributed by atoms with Crippen LogP contribution in [0, 0.1) is 5.41 Å². The molecule has 0 N–H and O–H groups in total. The van der Waals surface area contributed by atoms with Gasteiger partial charge in [-0.25, -0.2) is 0 Å². The minimum absolute atomic E-state index is 0.0633. The lowest BCUT2D eigenvalue weighted by Gasteiger charge is -2.44. The van der Waals surface area contributed by atoms with Gasteiger partial charge in [0.15, 0.2) is 0 Å². The highest BCUT2D eigenvalue weighted by Crippen LogP contribution is 2.46. The fraction of sp³-hybridized carbons (Fsp3) is 0.750. The molecule has 98 valence electrons. The Morgan fingerprint density at radius 2 is 2.24 bits per heavy atom. The average Bonchev–Trinajstić information content (AvgIpc) is 2.21. The van der Waals surface area contributed by atoms with Gasteiger partial charge in [0.1, 0.15) is 6.10 Å². The van der Waals surface area contributed by atoms with E-state index in [2.05, 4.69) is 45.7 Å². The molecular formula is C12H17Br2ClO2. The Kier molecular flexibility index (Phi) is 5.54. The van der Waals surface area contributed by atoms with Crippen molar-refractivity contribution in [2.24, 2.45) is 5.41 Å². The fourth-order valence-electron chi connectivity index (χ4n) is 2.02. The monoisotopic (exact) mass is 386 g/mol. The highest BCUT2D eigenvalue weighted by Gasteiger charge is 2.45. The quantitative estimate of drug-likeness (QED) is 0.405. The molecule has 0 aromatic heterocycles. The number of carbonyl (C=O) groups is 1. The summed E-state index contributed by atoms with van der Waals surface area (Å²) in [5.74, 6) is -0.265. The third-order valence-electron chi connectivity index (χ3n) is 3.17. The zero-order valence-corrected chi connectivity index (χ0v) is 14.1. The van der Waals surface area contributed by atoms with E-state index in [1.807, 2.05) is 6.08 Å². The molecule has 0 radical (unpaired) electrons. The summed E-state index contributed by atoms with van der Waals surface area (Å²) in [7, 11) is 0. The summed E-state index contributed by atoms with van der Waals surface area (Å²) in [5, 5.41) is 0.578. The summed E-state index contributed by atoms with van der Waals surface area (Å²) >= 11 is 13.5. The molecule has 1 saturated carbocycles. The van der Waals surface area contributed by atoms with Crippen molar-refractivity contribution in [3.8, 4) is 0 Å². The number of halogens is 3. The maximum atomic E-state index is 11.1. The summed E-state index contributed by atoms with van der Waals surface area (Å²) in [6, 6.07) is 0. The van der Waals surface area contributed by atoms with E-state index in [9.17, 15) is 4.79 Å². The standard InChI is InChI=1S/C12H17Br2ClO2/c1-7(16)17-9-6-10(14)12(2,3)11(15)8(9)4-5-13/h4,9-11H,5-6H2,1-3H3/t9-,10+,11+/m0/s1. The van der Waals surface area contributed by atoms with Crippen molar-refractivity contribution in [2.75, 3.05) is 5.33 Å². The molecular weight excluding hydrogens is 371 g/mol. The molecule has 2 nitrogen and oxygen atoms in total. The summed E-state index contributed by atoms with van der Waals surface area (Å²) in [5.41, 5.74) is 0.936. The molecule has 17 heavy (non-hydrogen) atoms. The summed E-state index contributed by atoms with van der Waals surface area (Å²) in [4.78, 5) is 11.3. The van der Waals surface area contributed by atoms with E-state index in [0.29, 0.717) is 5.33 Å². The molecule has 0 saturated heterocycles. The van der Waals surface area contributed by atoms with Crippen LogP contribution < -0.4 is 0 Å². The number of carbonyl (C=O) groups excluding carboxylic acids is 1. The third-order valence-corrected chi connectivity index (χ3v) is 5.86. The van der Waals surface area contributed by atoms with E-state index >= 15 is 0 Å². The zero-order valence-electron chi connectivity index (χ0n) is 10.2. The predicted molar refractivity (Wildman–Crippen MR) is 78.2 cm³/mol. The van der Waals surface area contributed by atoms with E-state index in [0.717, 1.165) is 12.0 Å². The Balaban J connectivity index is 3.00. The van der Waals surface area contributed by atoms with Gasteiger partial charge in [-0.1, -0.05) is 51.8 Å². The van der Waals surface area contributed by atoms with Gasteiger partial charge in [-0.05, 0) is 11.0 Å². The topological polar surface area (TPSA) is 26.3 Å². The third kappa shape index (κ3) is 3.48. The number of alkyl halides is 3. The smallest absolute Gasteiger partial charge is 0.303 e. The number of hydrogen-bond donors (Lipinski definition) is 0. The molecule has 0 bridgehead atoms. The van der Waals surface area contributed by atoms with Gasteiger partial charge in [0.25, 0.3) is 0 Å². The molecule has 0 heterocycles. The van der Waals surface area contributed by atoms with Crippen LogP contribution in [0.25, 0.3) is 0 Å². The number of allylic oxidation sites excluding steroid dienone is 1. The minimum atomic E-state index is -0.265. The number of ether oxygens (including phenoxy) is 1. The van der Waals surface area contributed by atoms with E-state index in [1.54, 1.807) is 0 Å². The van der Waals surface area contributed by atoms with Gasteiger partial charge < -0.3 is 4.74 Å². The van der Waals surface area contributed by atoms with E-state index in [4.69, 9.17) is 16.3 Å². The van der Waals surface area contributed by atoms with Gasteiger partial charge in [0.2, 0.25) is 0 Å². The maximum absolute atomic E-state index is 11.1. The van der Waals surface area contributed by atoms with Gasteiger partial charge in [0, 0.05) is 23.5 Å². The highest BCUT2D eigenvalue weighted by molar-refractivity contribution is 9.09. The molecule has 0 amide bonds. The van der Waals surface area contributed by atoms with Gasteiger partial charge in [-0.2, -0.15) is 0 Å². The van der Waals surface area contributed by atoms with Gasteiger partial charge in [-0.15, -0.1) is 11.6 Å². The van der Waals surface area contributed by atoms with Crippen LogP contribution in [-0.4, -0.2) is 27.6 Å². The van der Waals surface area contributed by atoms with Crippen LogP contribution in [0.5, 0.6) is 0 Å². The predicted octanol–water partition coefficient (Wildman–Crippen LogP) is 4.04. The zero-order chi connectivity index (χ0) is 13.2. The van der Waals surface area contributed by atoms with Gasteiger partial charge in [0.05, 0.1) is 5.38 Å². The molecule has 1 aliphatic carbocycles. The maximum Gasteiger partial charge on any atom is 0.303 e. The molecule has 1 aliphatic rings. The van der Waals surface area contributed by atoms with Crippen LogP contribution in [0.2, 0.25) is 0 Å². The fourth-order valence-corrected chi connectivity index (χ4v) is 3.53. The van der Waals surface area contributed by atoms with Crippen molar-refractivity contribution in [3.05, 3.63) is 11.6 Å². The highest BCUT2D eigenvalue weighted by atomic mass is 79.9. The lowest BCUT2D eigenvalue weighted by Crippen LogP contribution is -2.46. The molecule has 0 aliphatic heterocycles. The first-order valence-corrected chi connectivity index (χ1v) is 7.99. The molecule has 5 heteroatoms. The lowest BCUT2D eigenvalue weighted by molar-refractivity contribution is -0.145. The molecule has 0 spiro atoms. The molecule has 0 aromatic carbocycles. The SMILES string of the molecule is CC(=O)O[C@H]1C[C@@H](Br)C(C)(C)[C@H](Cl)C1=CCBr. The Hall–Kier alpha value is 0.460. The molecule has 0 aromatic rings. The van der Waals surface area contributed by atoms with Crippen LogP contribution in [0.1, 0.15) is 27.2 Å². The first-order valence-electron chi connectivity index (χ1n) is 5.52. The van der Waals surface area contributed by atoms with E-state index in [-0.39, 0.29) is 27.7 Å². The lowest BCUT2D eigenvalue weighted by atomic mass is 9.73. The number of hydrogen-bond acceptors (Lipinski definition) is 2. The van der Waals surface area contributed by atoms with E-state index < -0.39 is 0 Å². The van der Waals surface area contributed by atoms with Crippen molar-refractivity contribution < 1.29 is 9.53 Å². The Morgan fingerprint density at radius 3 is 2.71 bits per heavy atom. The Labute approximate surface area is 124 Å². The summed E-state index contributed by atoms with van der Waals surface area (Å²) in [6.07, 6.45) is 2.55. The average molecular weight is 389 g/mol. The summed E-state index contributed by atoms with van der Waals surface area (Å²) < 4.78 is 5.35. The second-order valence-corrected chi connectivity index (χ2v) is 7.03. The van der Waals surface area contributed by atoms with Gasteiger partial charge in [-0.3, -0.25) is 4.79 Å². The van der Waals surface area contributed by atoms with Crippen molar-refractivity contribution in [3.63, 3.8) is 0 Å².